The van der Waals surface area contributed by atoms with E-state index in [1.54, 1.807) is 48.4 Å². The second-order valence-electron chi connectivity index (χ2n) is 3.76. The lowest BCUT2D eigenvalue weighted by atomic mass is 10.3. The maximum Gasteiger partial charge on any atom is 0.330 e. The molecule has 94 valence electrons. The minimum Gasteiger partial charge on any atom is -0.459 e. The summed E-state index contributed by atoms with van der Waals surface area (Å²) in [5.41, 5.74) is 0.792. The lowest BCUT2D eigenvalue weighted by molar-refractivity contribution is -0.148. The Kier molecular flexibility index (Phi) is 3.94. The first-order valence-electron chi connectivity index (χ1n) is 5.43. The SMILES string of the molecule is CC(C(=O)OCc1ccc(Cl)nc1)n1cccn1. The van der Waals surface area contributed by atoms with Gasteiger partial charge in [0.1, 0.15) is 17.8 Å². The smallest absolute Gasteiger partial charge is 0.330 e. The van der Waals surface area contributed by atoms with Crippen molar-refractivity contribution < 1.29 is 9.53 Å². The van der Waals surface area contributed by atoms with E-state index in [0.717, 1.165) is 5.56 Å². The Morgan fingerprint density at radius 2 is 2.39 bits per heavy atom. The minimum absolute atomic E-state index is 0.175. The number of hydrogen-bond donors (Lipinski definition) is 0. The summed E-state index contributed by atoms with van der Waals surface area (Å²) in [6.45, 7) is 1.91. The summed E-state index contributed by atoms with van der Waals surface area (Å²) in [7, 11) is 0. The van der Waals surface area contributed by atoms with Crippen LogP contribution in [0, 0.1) is 0 Å². The quantitative estimate of drug-likeness (QED) is 0.628. The van der Waals surface area contributed by atoms with E-state index in [2.05, 4.69) is 10.1 Å². The predicted octanol–water partition coefficient (Wildman–Crippen LogP) is 2.24. The minimum atomic E-state index is -0.444. The summed E-state index contributed by atoms with van der Waals surface area (Å²) in [4.78, 5) is 15.7. The zero-order valence-electron chi connectivity index (χ0n) is 9.78. The Hall–Kier alpha value is -1.88. The number of nitrogens with zero attached hydrogens (tertiary/aromatic N) is 3. The van der Waals surface area contributed by atoms with Gasteiger partial charge in [0, 0.05) is 24.2 Å². The van der Waals surface area contributed by atoms with Crippen LogP contribution in [0.5, 0.6) is 0 Å². The van der Waals surface area contributed by atoms with Crippen LogP contribution in [0.4, 0.5) is 0 Å². The van der Waals surface area contributed by atoms with Crippen molar-refractivity contribution in [3.05, 3.63) is 47.5 Å². The van der Waals surface area contributed by atoms with Crippen LogP contribution in [0.2, 0.25) is 5.15 Å². The van der Waals surface area contributed by atoms with Crippen LogP contribution in [0.15, 0.2) is 36.8 Å². The molecule has 2 aromatic rings. The molecule has 0 aliphatic carbocycles. The van der Waals surface area contributed by atoms with Gasteiger partial charge >= 0.3 is 5.97 Å². The molecule has 2 heterocycles. The van der Waals surface area contributed by atoms with Crippen molar-refractivity contribution in [3.8, 4) is 0 Å². The lowest BCUT2D eigenvalue weighted by Crippen LogP contribution is -2.19. The molecule has 0 spiro atoms. The third-order valence-electron chi connectivity index (χ3n) is 2.43. The highest BCUT2D eigenvalue weighted by molar-refractivity contribution is 6.29. The molecule has 0 bridgehead atoms. The van der Waals surface area contributed by atoms with Crippen molar-refractivity contribution in [2.75, 3.05) is 0 Å². The number of halogens is 1. The highest BCUT2D eigenvalue weighted by atomic mass is 35.5. The van der Waals surface area contributed by atoms with Gasteiger partial charge in [-0.05, 0) is 19.1 Å². The Morgan fingerprint density at radius 3 is 3.00 bits per heavy atom. The molecule has 18 heavy (non-hydrogen) atoms. The maximum absolute atomic E-state index is 11.8. The van der Waals surface area contributed by atoms with Gasteiger partial charge in [0.25, 0.3) is 0 Å². The van der Waals surface area contributed by atoms with Crippen LogP contribution < -0.4 is 0 Å². The number of esters is 1. The largest absolute Gasteiger partial charge is 0.459 e. The molecule has 0 fully saturated rings. The van der Waals surface area contributed by atoms with Gasteiger partial charge in [0.2, 0.25) is 0 Å². The molecule has 0 aliphatic heterocycles. The summed E-state index contributed by atoms with van der Waals surface area (Å²) in [6, 6.07) is 4.73. The first kappa shape index (κ1) is 12.6. The van der Waals surface area contributed by atoms with Crippen molar-refractivity contribution in [2.45, 2.75) is 19.6 Å². The van der Waals surface area contributed by atoms with E-state index in [4.69, 9.17) is 16.3 Å². The van der Waals surface area contributed by atoms with E-state index >= 15 is 0 Å². The van der Waals surface area contributed by atoms with Crippen LogP contribution in [0.3, 0.4) is 0 Å². The average Bonchev–Trinajstić information content (AvgIpc) is 2.90. The normalized spacial score (nSPS) is 12.1. The third kappa shape index (κ3) is 3.07. The third-order valence-corrected chi connectivity index (χ3v) is 2.66. The van der Waals surface area contributed by atoms with Crippen molar-refractivity contribution >= 4 is 17.6 Å². The van der Waals surface area contributed by atoms with Crippen LogP contribution in [-0.4, -0.2) is 20.7 Å². The van der Waals surface area contributed by atoms with Crippen molar-refractivity contribution in [1.82, 2.24) is 14.8 Å². The predicted molar refractivity (Wildman–Crippen MR) is 66.0 cm³/mol. The highest BCUT2D eigenvalue weighted by Crippen LogP contribution is 2.10. The monoisotopic (exact) mass is 265 g/mol. The van der Waals surface area contributed by atoms with Crippen LogP contribution in [0.1, 0.15) is 18.5 Å². The fourth-order valence-corrected chi connectivity index (χ4v) is 1.50. The summed E-state index contributed by atoms with van der Waals surface area (Å²) < 4.78 is 6.71. The highest BCUT2D eigenvalue weighted by Gasteiger charge is 2.16. The van der Waals surface area contributed by atoms with Gasteiger partial charge in [-0.15, -0.1) is 0 Å². The molecular weight excluding hydrogens is 254 g/mol. The molecule has 0 radical (unpaired) electrons. The van der Waals surface area contributed by atoms with Crippen molar-refractivity contribution in [2.24, 2.45) is 0 Å². The van der Waals surface area contributed by atoms with Crippen molar-refractivity contribution in [3.63, 3.8) is 0 Å². The Labute approximate surface area is 109 Å². The van der Waals surface area contributed by atoms with Gasteiger partial charge in [0.15, 0.2) is 0 Å². The standard InChI is InChI=1S/C12H12ClN3O2/c1-9(16-6-2-5-15-16)12(17)18-8-10-3-4-11(13)14-7-10/h2-7,9H,8H2,1H3. The number of carbonyl (C=O) groups excluding carboxylic acids is 1. The van der Waals surface area contributed by atoms with E-state index in [0.29, 0.717) is 5.15 Å². The molecule has 0 aromatic carbocycles. The fourth-order valence-electron chi connectivity index (χ4n) is 1.38. The Balaban J connectivity index is 1.90. The number of pyridine rings is 1. The molecule has 0 N–H and O–H groups in total. The summed E-state index contributed by atoms with van der Waals surface area (Å²) in [5, 5.41) is 4.40. The molecule has 0 amide bonds. The number of aromatic nitrogens is 3. The molecule has 5 nitrogen and oxygen atoms in total. The van der Waals surface area contributed by atoms with E-state index < -0.39 is 6.04 Å². The molecular formula is C12H12ClN3O2. The summed E-state index contributed by atoms with van der Waals surface area (Å²) >= 11 is 5.66. The summed E-state index contributed by atoms with van der Waals surface area (Å²) in [6.07, 6.45) is 4.91. The Bertz CT molecular complexity index is 511. The van der Waals surface area contributed by atoms with E-state index in [1.807, 2.05) is 0 Å². The van der Waals surface area contributed by atoms with Gasteiger partial charge in [-0.3, -0.25) is 4.68 Å². The lowest BCUT2D eigenvalue weighted by Gasteiger charge is -2.11. The molecule has 6 heteroatoms. The van der Waals surface area contributed by atoms with Gasteiger partial charge in [-0.2, -0.15) is 5.10 Å². The zero-order chi connectivity index (χ0) is 13.0. The Morgan fingerprint density at radius 1 is 1.56 bits per heavy atom. The number of carbonyl (C=O) groups is 1. The van der Waals surface area contributed by atoms with Crippen molar-refractivity contribution in [1.29, 1.82) is 0 Å². The van der Waals surface area contributed by atoms with Gasteiger partial charge in [-0.25, -0.2) is 9.78 Å². The van der Waals surface area contributed by atoms with Crippen LogP contribution in [0.25, 0.3) is 0 Å². The molecule has 1 unspecified atom stereocenters. The van der Waals surface area contributed by atoms with Crippen LogP contribution >= 0.6 is 11.6 Å². The topological polar surface area (TPSA) is 57.0 Å². The molecule has 0 aliphatic rings. The van der Waals surface area contributed by atoms with Gasteiger partial charge in [0.05, 0.1) is 0 Å². The second-order valence-corrected chi connectivity index (χ2v) is 4.15. The van der Waals surface area contributed by atoms with E-state index in [1.165, 1.54) is 0 Å². The molecule has 0 saturated heterocycles. The fraction of sp³-hybridized carbons (Fsp3) is 0.250. The van der Waals surface area contributed by atoms with Gasteiger partial charge in [-0.1, -0.05) is 17.7 Å². The van der Waals surface area contributed by atoms with Gasteiger partial charge < -0.3 is 4.74 Å². The molecule has 2 rings (SSSR count). The maximum atomic E-state index is 11.8. The molecule has 2 aromatic heterocycles. The number of ether oxygens (including phenoxy) is 1. The van der Waals surface area contributed by atoms with Crippen LogP contribution in [-0.2, 0) is 16.1 Å². The van der Waals surface area contributed by atoms with E-state index in [9.17, 15) is 4.79 Å². The first-order chi connectivity index (χ1) is 8.66. The second kappa shape index (κ2) is 5.64. The molecule has 1 atom stereocenters. The zero-order valence-corrected chi connectivity index (χ0v) is 10.5. The molecule has 0 saturated carbocycles. The average molecular weight is 266 g/mol. The number of hydrogen-bond acceptors (Lipinski definition) is 4. The number of rotatable bonds is 4. The first-order valence-corrected chi connectivity index (χ1v) is 5.81. The van der Waals surface area contributed by atoms with E-state index in [-0.39, 0.29) is 12.6 Å². The summed E-state index contributed by atoms with van der Waals surface area (Å²) in [5.74, 6) is -0.339.